The minimum atomic E-state index is -0.933. The fraction of sp³-hybridized carbons (Fsp3) is 0.188. The van der Waals surface area contributed by atoms with Gasteiger partial charge in [-0.15, -0.1) is 0 Å². The number of aromatic carboxylic acids is 1. The Morgan fingerprint density at radius 1 is 1.16 bits per heavy atom. The molecule has 2 rings (SSSR count). The molecule has 0 bridgehead atoms. The Morgan fingerprint density at radius 3 is 2.32 bits per heavy atom. The van der Waals surface area contributed by atoms with Crippen LogP contribution >= 0.6 is 11.6 Å². The molecule has 0 aliphatic rings. The zero-order chi connectivity index (χ0) is 14.0. The number of benzene rings is 2. The summed E-state index contributed by atoms with van der Waals surface area (Å²) >= 11 is 6.26. The summed E-state index contributed by atoms with van der Waals surface area (Å²) in [6.07, 6.45) is 0. The van der Waals surface area contributed by atoms with Crippen LogP contribution in [0, 0.1) is 0 Å². The maximum Gasteiger partial charge on any atom is 0.336 e. The van der Waals surface area contributed by atoms with Crippen LogP contribution in [0.1, 0.15) is 35.7 Å². The fourth-order valence-electron chi connectivity index (χ4n) is 2.07. The minimum absolute atomic E-state index is 0.190. The van der Waals surface area contributed by atoms with Crippen LogP contribution in [0.3, 0.4) is 0 Å². The molecule has 0 radical (unpaired) electrons. The quantitative estimate of drug-likeness (QED) is 0.870. The van der Waals surface area contributed by atoms with E-state index in [-0.39, 0.29) is 5.92 Å². The zero-order valence-electron chi connectivity index (χ0n) is 10.9. The molecule has 0 unspecified atom stereocenters. The first kappa shape index (κ1) is 13.6. The van der Waals surface area contributed by atoms with Gasteiger partial charge in [0, 0.05) is 5.02 Å². The topological polar surface area (TPSA) is 37.3 Å². The van der Waals surface area contributed by atoms with Crippen molar-refractivity contribution in [3.8, 4) is 11.1 Å². The molecule has 0 heterocycles. The van der Waals surface area contributed by atoms with E-state index in [2.05, 4.69) is 0 Å². The summed E-state index contributed by atoms with van der Waals surface area (Å²) in [5.41, 5.74) is 2.66. The molecule has 0 atom stereocenters. The van der Waals surface area contributed by atoms with Gasteiger partial charge in [-0.05, 0) is 34.7 Å². The molecule has 0 aliphatic heterocycles. The number of rotatable bonds is 3. The van der Waals surface area contributed by atoms with Gasteiger partial charge in [-0.2, -0.15) is 0 Å². The molecule has 2 aromatic rings. The maximum absolute atomic E-state index is 11.4. The van der Waals surface area contributed by atoms with Gasteiger partial charge >= 0.3 is 5.97 Å². The van der Waals surface area contributed by atoms with E-state index in [9.17, 15) is 9.90 Å². The highest BCUT2D eigenvalue weighted by atomic mass is 35.5. The smallest absolute Gasteiger partial charge is 0.336 e. The van der Waals surface area contributed by atoms with E-state index in [1.807, 2.05) is 44.2 Å². The molecule has 0 saturated carbocycles. The Morgan fingerprint density at radius 2 is 1.79 bits per heavy atom. The number of carbonyl (C=O) groups is 1. The summed E-state index contributed by atoms with van der Waals surface area (Å²) in [5, 5.41) is 9.99. The third kappa shape index (κ3) is 2.79. The van der Waals surface area contributed by atoms with Crippen molar-refractivity contribution in [3.05, 3.63) is 58.6 Å². The van der Waals surface area contributed by atoms with Crippen molar-refractivity contribution in [2.24, 2.45) is 0 Å². The molecule has 1 N–H and O–H groups in total. The van der Waals surface area contributed by atoms with Crippen LogP contribution in [-0.4, -0.2) is 11.1 Å². The summed E-state index contributed by atoms with van der Waals surface area (Å²) in [6, 6.07) is 12.8. The van der Waals surface area contributed by atoms with Crippen LogP contribution in [0.15, 0.2) is 42.5 Å². The van der Waals surface area contributed by atoms with E-state index < -0.39 is 5.97 Å². The van der Waals surface area contributed by atoms with Gasteiger partial charge in [-0.3, -0.25) is 0 Å². The molecule has 2 aromatic carbocycles. The average Bonchev–Trinajstić information content (AvgIpc) is 2.38. The first-order valence-electron chi connectivity index (χ1n) is 6.13. The number of carboxylic acid groups (broad SMARTS) is 1. The summed E-state index contributed by atoms with van der Waals surface area (Å²) < 4.78 is 0. The Bertz CT molecular complexity index is 604. The molecule has 2 nitrogen and oxygen atoms in total. The third-order valence-electron chi connectivity index (χ3n) is 3.07. The second-order valence-corrected chi connectivity index (χ2v) is 5.15. The van der Waals surface area contributed by atoms with E-state index >= 15 is 0 Å². The first-order chi connectivity index (χ1) is 9.00. The monoisotopic (exact) mass is 274 g/mol. The molecule has 0 amide bonds. The van der Waals surface area contributed by atoms with Crippen LogP contribution < -0.4 is 0 Å². The van der Waals surface area contributed by atoms with Crippen LogP contribution in [0.2, 0.25) is 5.02 Å². The van der Waals surface area contributed by atoms with Gasteiger partial charge in [-0.1, -0.05) is 55.8 Å². The third-order valence-corrected chi connectivity index (χ3v) is 3.40. The number of carboxylic acids is 1. The molecule has 0 spiro atoms. The van der Waals surface area contributed by atoms with Crippen molar-refractivity contribution < 1.29 is 9.90 Å². The van der Waals surface area contributed by atoms with Gasteiger partial charge in [0.1, 0.15) is 0 Å². The lowest BCUT2D eigenvalue weighted by molar-refractivity contribution is 0.0697. The van der Waals surface area contributed by atoms with E-state index in [0.717, 1.165) is 11.1 Å². The second kappa shape index (κ2) is 5.45. The predicted octanol–water partition coefficient (Wildman–Crippen LogP) is 4.83. The molecule has 0 aromatic heterocycles. The van der Waals surface area contributed by atoms with Crippen molar-refractivity contribution in [2.45, 2.75) is 19.8 Å². The number of hydrogen-bond donors (Lipinski definition) is 1. The highest BCUT2D eigenvalue weighted by molar-refractivity contribution is 6.32. The second-order valence-electron chi connectivity index (χ2n) is 4.75. The van der Waals surface area contributed by atoms with E-state index in [1.54, 1.807) is 12.1 Å². The Labute approximate surface area is 117 Å². The van der Waals surface area contributed by atoms with Gasteiger partial charge in [0.25, 0.3) is 0 Å². The molecule has 0 aliphatic carbocycles. The summed E-state index contributed by atoms with van der Waals surface area (Å²) in [6.45, 7) is 3.99. The van der Waals surface area contributed by atoms with Gasteiger partial charge < -0.3 is 5.11 Å². The van der Waals surface area contributed by atoms with E-state index in [4.69, 9.17) is 11.6 Å². The van der Waals surface area contributed by atoms with Gasteiger partial charge in [0.05, 0.1) is 5.56 Å². The lowest BCUT2D eigenvalue weighted by atomic mass is 9.93. The van der Waals surface area contributed by atoms with Gasteiger partial charge in [-0.25, -0.2) is 4.79 Å². The standard InChI is InChI=1S/C16H15ClO2/c1-10(2)12-8-14(16(18)19)13(9-15(12)17)11-6-4-3-5-7-11/h3-10H,1-2H3,(H,18,19). The van der Waals surface area contributed by atoms with E-state index in [0.29, 0.717) is 16.1 Å². The summed E-state index contributed by atoms with van der Waals surface area (Å²) in [5.74, 6) is -0.743. The van der Waals surface area contributed by atoms with Crippen LogP contribution in [0.5, 0.6) is 0 Å². The number of hydrogen-bond acceptors (Lipinski definition) is 1. The molecule has 0 fully saturated rings. The minimum Gasteiger partial charge on any atom is -0.478 e. The van der Waals surface area contributed by atoms with Crippen LogP contribution in [0.4, 0.5) is 0 Å². The van der Waals surface area contributed by atoms with Crippen LogP contribution in [0.25, 0.3) is 11.1 Å². The largest absolute Gasteiger partial charge is 0.478 e. The average molecular weight is 275 g/mol. The Kier molecular flexibility index (Phi) is 3.91. The van der Waals surface area contributed by atoms with Crippen LogP contribution in [-0.2, 0) is 0 Å². The molecule has 19 heavy (non-hydrogen) atoms. The zero-order valence-corrected chi connectivity index (χ0v) is 11.6. The van der Waals surface area contributed by atoms with Crippen molar-refractivity contribution in [2.75, 3.05) is 0 Å². The normalized spacial score (nSPS) is 10.7. The lowest BCUT2D eigenvalue weighted by Crippen LogP contribution is -2.02. The van der Waals surface area contributed by atoms with Crippen molar-refractivity contribution in [1.29, 1.82) is 0 Å². The van der Waals surface area contributed by atoms with Crippen molar-refractivity contribution in [3.63, 3.8) is 0 Å². The molecule has 0 saturated heterocycles. The first-order valence-corrected chi connectivity index (χ1v) is 6.50. The molecule has 98 valence electrons. The molecule has 3 heteroatoms. The van der Waals surface area contributed by atoms with Gasteiger partial charge in [0.2, 0.25) is 0 Å². The Hall–Kier alpha value is -1.80. The number of halogens is 1. The summed E-state index contributed by atoms with van der Waals surface area (Å²) in [4.78, 5) is 11.4. The fourth-order valence-corrected chi connectivity index (χ4v) is 2.45. The predicted molar refractivity (Wildman–Crippen MR) is 77.9 cm³/mol. The summed E-state index contributed by atoms with van der Waals surface area (Å²) in [7, 11) is 0. The van der Waals surface area contributed by atoms with Gasteiger partial charge in [0.15, 0.2) is 0 Å². The highest BCUT2D eigenvalue weighted by Gasteiger charge is 2.16. The maximum atomic E-state index is 11.4. The van der Waals surface area contributed by atoms with E-state index in [1.165, 1.54) is 0 Å². The SMILES string of the molecule is CC(C)c1cc(C(=O)O)c(-c2ccccc2)cc1Cl. The molecular weight excluding hydrogens is 260 g/mol. The molecular formula is C16H15ClO2. The lowest BCUT2D eigenvalue weighted by Gasteiger charge is -2.13. The van der Waals surface area contributed by atoms with Crippen molar-refractivity contribution >= 4 is 17.6 Å². The Balaban J connectivity index is 2.67. The highest BCUT2D eigenvalue weighted by Crippen LogP contribution is 2.33. The van der Waals surface area contributed by atoms with Crippen molar-refractivity contribution in [1.82, 2.24) is 0 Å².